The summed E-state index contributed by atoms with van der Waals surface area (Å²) in [6, 6.07) is 7.26. The molecule has 1 aromatic heterocycles. The molecule has 0 amide bonds. The van der Waals surface area contributed by atoms with Crippen molar-refractivity contribution in [1.29, 1.82) is 0 Å². The third kappa shape index (κ3) is 7.97. The van der Waals surface area contributed by atoms with Crippen LogP contribution in [0.1, 0.15) is 39.0 Å². The van der Waals surface area contributed by atoms with E-state index in [4.69, 9.17) is 21.7 Å². The normalized spacial score (nSPS) is 11.8. The number of nitrogens with one attached hydrogen (secondary N) is 1. The van der Waals surface area contributed by atoms with Crippen molar-refractivity contribution in [2.45, 2.75) is 57.7 Å². The molecule has 2 aromatic rings. The Bertz CT molecular complexity index is 1020. The number of imidazole rings is 1. The van der Waals surface area contributed by atoms with E-state index in [9.17, 15) is 8.42 Å². The second-order valence-electron chi connectivity index (χ2n) is 8.67. The van der Waals surface area contributed by atoms with Crippen molar-refractivity contribution in [2.75, 3.05) is 27.4 Å². The second kappa shape index (κ2) is 12.3. The van der Waals surface area contributed by atoms with Crippen molar-refractivity contribution in [3.05, 3.63) is 41.7 Å². The molecule has 0 fully saturated rings. The van der Waals surface area contributed by atoms with Crippen molar-refractivity contribution in [3.8, 4) is 5.75 Å². The second-order valence-corrected chi connectivity index (χ2v) is 10.9. The summed E-state index contributed by atoms with van der Waals surface area (Å²) in [5.74, 6) is 0.699. The summed E-state index contributed by atoms with van der Waals surface area (Å²) < 4.78 is 39.0. The van der Waals surface area contributed by atoms with Crippen LogP contribution >= 0.6 is 12.2 Å². The van der Waals surface area contributed by atoms with E-state index >= 15 is 0 Å². The summed E-state index contributed by atoms with van der Waals surface area (Å²) >= 11 is 5.59. The van der Waals surface area contributed by atoms with Gasteiger partial charge in [0, 0.05) is 26.2 Å². The number of hydrogen-bond acceptors (Lipinski definition) is 6. The molecule has 0 unspecified atom stereocenters. The number of thiocarbonyl (C=S) groups is 1. The summed E-state index contributed by atoms with van der Waals surface area (Å²) in [5, 5.41) is 3.92. The Balaban J connectivity index is 2.38. The van der Waals surface area contributed by atoms with Gasteiger partial charge in [-0.25, -0.2) is 13.4 Å². The summed E-state index contributed by atoms with van der Waals surface area (Å²) in [4.78, 5) is 6.33. The molecule has 0 radical (unpaired) electrons. The average Bonchev–Trinajstić information content (AvgIpc) is 3.12. The van der Waals surface area contributed by atoms with Crippen molar-refractivity contribution < 1.29 is 17.9 Å². The zero-order valence-electron chi connectivity index (χ0n) is 20.4. The van der Waals surface area contributed by atoms with Crippen LogP contribution in [0.5, 0.6) is 5.75 Å². The summed E-state index contributed by atoms with van der Waals surface area (Å²) in [6.45, 7) is 10.2. The van der Waals surface area contributed by atoms with Crippen molar-refractivity contribution in [3.63, 3.8) is 0 Å². The largest absolute Gasteiger partial charge is 0.497 e. The molecular formula is C23H36N4O4S2. The standard InChI is InChI=1S/C23H36N4O4S2/c1-17(2)14-27-20(15-26(10-11-30-5)22(32)25-18(3)4)13-24-23(27)33(28,29)16-19-8-7-9-21(12-19)31-6/h7-9,12-13,17-18H,10-11,14-16H2,1-6H3,(H,25,32). The number of rotatable bonds is 12. The third-order valence-corrected chi connectivity index (χ3v) is 6.81. The zero-order valence-corrected chi connectivity index (χ0v) is 22.0. The quantitative estimate of drug-likeness (QED) is 0.448. The van der Waals surface area contributed by atoms with Crippen LogP contribution in [0, 0.1) is 5.92 Å². The van der Waals surface area contributed by atoms with Gasteiger partial charge in [-0.05, 0) is 49.7 Å². The van der Waals surface area contributed by atoms with E-state index in [2.05, 4.69) is 24.1 Å². The molecule has 0 aliphatic rings. The third-order valence-electron chi connectivity index (χ3n) is 4.84. The van der Waals surface area contributed by atoms with E-state index in [1.54, 1.807) is 49.2 Å². The number of benzene rings is 1. The van der Waals surface area contributed by atoms with E-state index in [1.807, 2.05) is 18.7 Å². The topological polar surface area (TPSA) is 85.7 Å². The van der Waals surface area contributed by atoms with Crippen LogP contribution in [0.4, 0.5) is 0 Å². The van der Waals surface area contributed by atoms with Gasteiger partial charge in [-0.15, -0.1) is 0 Å². The maximum absolute atomic E-state index is 13.4. The number of methoxy groups -OCH3 is 2. The predicted octanol–water partition coefficient (Wildman–Crippen LogP) is 3.25. The highest BCUT2D eigenvalue weighted by molar-refractivity contribution is 7.90. The maximum Gasteiger partial charge on any atom is 0.228 e. The Morgan fingerprint density at radius 1 is 1.24 bits per heavy atom. The minimum Gasteiger partial charge on any atom is -0.497 e. The fourth-order valence-corrected chi connectivity index (χ4v) is 5.24. The lowest BCUT2D eigenvalue weighted by Gasteiger charge is -2.27. The SMILES string of the molecule is COCCN(Cc1cnc(S(=O)(=O)Cc2cccc(OC)c2)n1CC(C)C)C(=S)NC(C)C. The van der Waals surface area contributed by atoms with Crippen molar-refractivity contribution >= 4 is 27.2 Å². The molecule has 0 atom stereocenters. The van der Waals surface area contributed by atoms with Crippen LogP contribution in [0.3, 0.4) is 0 Å². The van der Waals surface area contributed by atoms with Crippen LogP contribution in [-0.2, 0) is 33.4 Å². The lowest BCUT2D eigenvalue weighted by molar-refractivity contribution is 0.172. The van der Waals surface area contributed by atoms with Gasteiger partial charge >= 0.3 is 0 Å². The molecule has 0 aliphatic heterocycles. The van der Waals surface area contributed by atoms with Crippen molar-refractivity contribution in [2.24, 2.45) is 5.92 Å². The van der Waals surface area contributed by atoms with Gasteiger partial charge in [-0.1, -0.05) is 26.0 Å². The first-order chi connectivity index (χ1) is 15.6. The first kappa shape index (κ1) is 27.1. The molecule has 10 heteroatoms. The molecule has 1 aromatic carbocycles. The van der Waals surface area contributed by atoms with E-state index in [-0.39, 0.29) is 22.9 Å². The maximum atomic E-state index is 13.4. The van der Waals surface area contributed by atoms with Crippen LogP contribution in [-0.4, -0.2) is 61.4 Å². The fourth-order valence-electron chi connectivity index (χ4n) is 3.36. The summed E-state index contributed by atoms with van der Waals surface area (Å²) in [6.07, 6.45) is 1.64. The number of sulfone groups is 1. The minimum atomic E-state index is -3.68. The Labute approximate surface area is 203 Å². The molecule has 0 aliphatic carbocycles. The highest BCUT2D eigenvalue weighted by Gasteiger charge is 2.26. The van der Waals surface area contributed by atoms with E-state index in [1.165, 1.54) is 0 Å². The minimum absolute atomic E-state index is 0.0726. The van der Waals surface area contributed by atoms with E-state index < -0.39 is 9.84 Å². The smallest absolute Gasteiger partial charge is 0.228 e. The molecule has 0 saturated heterocycles. The fraction of sp³-hybridized carbons (Fsp3) is 0.565. The summed E-state index contributed by atoms with van der Waals surface area (Å²) in [7, 11) is -0.480. The average molecular weight is 497 g/mol. The Morgan fingerprint density at radius 2 is 1.97 bits per heavy atom. The van der Waals surface area contributed by atoms with E-state index in [0.29, 0.717) is 42.7 Å². The first-order valence-electron chi connectivity index (χ1n) is 11.0. The zero-order chi connectivity index (χ0) is 24.6. The Morgan fingerprint density at radius 3 is 2.58 bits per heavy atom. The van der Waals surface area contributed by atoms with Gasteiger partial charge in [-0.2, -0.15) is 0 Å². The first-order valence-corrected chi connectivity index (χ1v) is 13.1. The lowest BCUT2D eigenvalue weighted by atomic mass is 10.2. The van der Waals surface area contributed by atoms with Gasteiger partial charge in [0.2, 0.25) is 15.0 Å². The molecule has 0 saturated carbocycles. The molecule has 0 bridgehead atoms. The van der Waals surface area contributed by atoms with Crippen LogP contribution in [0.25, 0.3) is 0 Å². The molecule has 184 valence electrons. The molecule has 1 heterocycles. The van der Waals surface area contributed by atoms with Crippen LogP contribution < -0.4 is 10.1 Å². The monoisotopic (exact) mass is 496 g/mol. The Kier molecular flexibility index (Phi) is 10.1. The molecule has 0 spiro atoms. The molecule has 2 rings (SSSR count). The highest BCUT2D eigenvalue weighted by Crippen LogP contribution is 2.22. The number of nitrogens with zero attached hydrogens (tertiary/aromatic N) is 3. The number of ether oxygens (including phenoxy) is 2. The predicted molar refractivity (Wildman–Crippen MR) is 134 cm³/mol. The van der Waals surface area contributed by atoms with Gasteiger partial charge in [-0.3, -0.25) is 0 Å². The van der Waals surface area contributed by atoms with Crippen LogP contribution in [0.2, 0.25) is 0 Å². The number of aromatic nitrogens is 2. The van der Waals surface area contributed by atoms with Crippen LogP contribution in [0.15, 0.2) is 35.6 Å². The highest BCUT2D eigenvalue weighted by atomic mass is 32.2. The lowest BCUT2D eigenvalue weighted by Crippen LogP contribution is -2.44. The van der Waals surface area contributed by atoms with Gasteiger partial charge in [0.15, 0.2) is 5.11 Å². The van der Waals surface area contributed by atoms with Gasteiger partial charge in [0.1, 0.15) is 5.75 Å². The van der Waals surface area contributed by atoms with Gasteiger partial charge in [0.25, 0.3) is 0 Å². The molecule has 1 N–H and O–H groups in total. The molecule has 8 nitrogen and oxygen atoms in total. The Hall–Kier alpha value is -2.17. The van der Waals surface area contributed by atoms with Gasteiger partial charge < -0.3 is 24.3 Å². The van der Waals surface area contributed by atoms with Gasteiger partial charge in [0.05, 0.1) is 37.9 Å². The number of hydrogen-bond donors (Lipinski definition) is 1. The summed E-state index contributed by atoms with van der Waals surface area (Å²) in [5.41, 5.74) is 1.44. The van der Waals surface area contributed by atoms with Crippen molar-refractivity contribution in [1.82, 2.24) is 19.8 Å². The van der Waals surface area contributed by atoms with E-state index in [0.717, 1.165) is 5.69 Å². The molecule has 33 heavy (non-hydrogen) atoms. The molecular weight excluding hydrogens is 460 g/mol.